The zero-order chi connectivity index (χ0) is 56.4. The number of allylic oxidation sites excluding steroid dienone is 18. The molecule has 6 heteroatoms. The lowest BCUT2D eigenvalue weighted by Gasteiger charge is -2.18. The highest BCUT2D eigenvalue weighted by atomic mass is 16.6. The van der Waals surface area contributed by atoms with E-state index in [9.17, 15) is 14.4 Å². The molecule has 0 saturated carbocycles. The Morgan fingerprint density at radius 3 is 0.808 bits per heavy atom. The van der Waals surface area contributed by atoms with Crippen molar-refractivity contribution in [1.29, 1.82) is 0 Å². The Labute approximate surface area is 482 Å². The number of hydrogen-bond donors (Lipinski definition) is 0. The minimum Gasteiger partial charge on any atom is -0.462 e. The monoisotopic (exact) mass is 1080 g/mol. The summed E-state index contributed by atoms with van der Waals surface area (Å²) in [6, 6.07) is 0. The van der Waals surface area contributed by atoms with Gasteiger partial charge in [-0.1, -0.05) is 291 Å². The molecule has 0 aliphatic rings. The van der Waals surface area contributed by atoms with Crippen molar-refractivity contribution >= 4 is 17.9 Å². The van der Waals surface area contributed by atoms with Gasteiger partial charge in [-0.25, -0.2) is 0 Å². The first-order chi connectivity index (χ1) is 38.5. The SMILES string of the molecule is CC/C=C\C/C=C\C/C=C\C/C=C\C/C=C\C/C=C\C/C=C\CCCCCCCCCCCCCCCC(=O)OCC(COC(=O)CCCCCCCCCC)OC(=O)CCCCCCCCC/C=C\C/C=C\CCCCC. The molecule has 0 aromatic rings. The molecule has 0 fully saturated rings. The standard InChI is InChI=1S/C72H122O6/c1-4-7-10-13-16-19-21-23-25-27-28-29-30-31-32-33-34-35-36-37-38-39-40-41-42-43-44-46-47-49-51-53-56-59-62-65-71(74)77-68-69(67-76-70(73)64-61-58-55-18-15-12-9-6-3)78-72(75)66-63-60-57-54-52-50-48-45-26-24-22-20-17-14-11-8-5-2/h7,10,16-17,19-20,23-26,28-29,31-32,34-35,37-38,69H,4-6,8-9,11-15,18,21-22,27,30,33,36,39-68H2,1-3H3/b10-7-,19-16-,20-17-,25-23-,26-24-,29-28-,32-31-,35-34-,38-37-. The Hall–Kier alpha value is -3.93. The molecule has 1 unspecified atom stereocenters. The van der Waals surface area contributed by atoms with E-state index in [0.717, 1.165) is 116 Å². The van der Waals surface area contributed by atoms with Gasteiger partial charge in [0.25, 0.3) is 0 Å². The van der Waals surface area contributed by atoms with Gasteiger partial charge >= 0.3 is 17.9 Å². The van der Waals surface area contributed by atoms with Gasteiger partial charge in [0.05, 0.1) is 0 Å². The third kappa shape index (κ3) is 62.9. The Bertz CT molecular complexity index is 1570. The van der Waals surface area contributed by atoms with Crippen LogP contribution in [-0.4, -0.2) is 37.2 Å². The van der Waals surface area contributed by atoms with E-state index in [1.165, 1.54) is 154 Å². The molecular formula is C72H122O6. The lowest BCUT2D eigenvalue weighted by molar-refractivity contribution is -0.167. The summed E-state index contributed by atoms with van der Waals surface area (Å²) in [5.41, 5.74) is 0. The first kappa shape index (κ1) is 74.1. The van der Waals surface area contributed by atoms with Gasteiger partial charge in [-0.3, -0.25) is 14.4 Å². The Kier molecular flexibility index (Phi) is 62.3. The maximum Gasteiger partial charge on any atom is 0.306 e. The van der Waals surface area contributed by atoms with Crippen LogP contribution in [0.25, 0.3) is 0 Å². The molecule has 0 saturated heterocycles. The quantitative estimate of drug-likeness (QED) is 0.0261. The van der Waals surface area contributed by atoms with E-state index >= 15 is 0 Å². The number of rotatable bonds is 59. The van der Waals surface area contributed by atoms with Crippen LogP contribution in [0.5, 0.6) is 0 Å². The van der Waals surface area contributed by atoms with Crippen molar-refractivity contribution < 1.29 is 28.6 Å². The molecule has 0 amide bonds. The minimum atomic E-state index is -0.780. The second-order valence-electron chi connectivity index (χ2n) is 21.6. The molecule has 0 spiro atoms. The summed E-state index contributed by atoms with van der Waals surface area (Å²) >= 11 is 0. The van der Waals surface area contributed by atoms with E-state index in [1.54, 1.807) is 0 Å². The van der Waals surface area contributed by atoms with Gasteiger partial charge in [0, 0.05) is 19.3 Å². The third-order valence-electron chi connectivity index (χ3n) is 14.0. The molecule has 1 atom stereocenters. The van der Waals surface area contributed by atoms with Crippen LogP contribution in [0.4, 0.5) is 0 Å². The van der Waals surface area contributed by atoms with Crippen LogP contribution in [0.15, 0.2) is 109 Å². The first-order valence-electron chi connectivity index (χ1n) is 32.9. The first-order valence-corrected chi connectivity index (χ1v) is 32.9. The van der Waals surface area contributed by atoms with Gasteiger partial charge in [-0.05, 0) is 109 Å². The Morgan fingerprint density at radius 1 is 0.269 bits per heavy atom. The average molecular weight is 1080 g/mol. The zero-order valence-corrected chi connectivity index (χ0v) is 51.2. The summed E-state index contributed by atoms with van der Waals surface area (Å²) in [4.78, 5) is 38.1. The van der Waals surface area contributed by atoms with Gasteiger partial charge in [-0.15, -0.1) is 0 Å². The molecule has 0 rings (SSSR count). The summed E-state index contributed by atoms with van der Waals surface area (Å²) in [7, 11) is 0. The second kappa shape index (κ2) is 65.6. The van der Waals surface area contributed by atoms with E-state index in [2.05, 4.69) is 130 Å². The van der Waals surface area contributed by atoms with Gasteiger partial charge in [0.2, 0.25) is 0 Å². The van der Waals surface area contributed by atoms with E-state index in [-0.39, 0.29) is 31.1 Å². The number of hydrogen-bond acceptors (Lipinski definition) is 6. The largest absolute Gasteiger partial charge is 0.462 e. The Balaban J connectivity index is 4.09. The fourth-order valence-electron chi connectivity index (χ4n) is 9.10. The predicted octanol–water partition coefficient (Wildman–Crippen LogP) is 22.6. The number of carbonyl (C=O) groups excluding carboxylic acids is 3. The van der Waals surface area contributed by atoms with Crippen molar-refractivity contribution in [3.8, 4) is 0 Å². The van der Waals surface area contributed by atoms with Gasteiger partial charge < -0.3 is 14.2 Å². The second-order valence-corrected chi connectivity index (χ2v) is 21.6. The maximum atomic E-state index is 12.9. The topological polar surface area (TPSA) is 78.9 Å². The summed E-state index contributed by atoms with van der Waals surface area (Å²) in [6.45, 7) is 6.48. The van der Waals surface area contributed by atoms with Gasteiger partial charge in [-0.2, -0.15) is 0 Å². The van der Waals surface area contributed by atoms with Crippen LogP contribution in [0.1, 0.15) is 310 Å². The minimum absolute atomic E-state index is 0.0784. The van der Waals surface area contributed by atoms with Crippen molar-refractivity contribution in [2.24, 2.45) is 0 Å². The van der Waals surface area contributed by atoms with Crippen LogP contribution in [0.2, 0.25) is 0 Å². The molecule has 0 bridgehead atoms. The maximum absolute atomic E-state index is 12.9. The fourth-order valence-corrected chi connectivity index (χ4v) is 9.10. The number of carbonyl (C=O) groups is 3. The van der Waals surface area contributed by atoms with Gasteiger partial charge in [0.1, 0.15) is 13.2 Å². The zero-order valence-electron chi connectivity index (χ0n) is 51.2. The molecule has 0 heterocycles. The summed E-state index contributed by atoms with van der Waals surface area (Å²) in [5, 5.41) is 0. The third-order valence-corrected chi connectivity index (χ3v) is 14.0. The van der Waals surface area contributed by atoms with Crippen molar-refractivity contribution in [2.75, 3.05) is 13.2 Å². The number of ether oxygens (including phenoxy) is 3. The summed E-state index contributed by atoms with van der Waals surface area (Å²) in [5.74, 6) is -0.884. The molecule has 0 aromatic carbocycles. The molecule has 0 aliphatic carbocycles. The van der Waals surface area contributed by atoms with E-state index in [1.807, 2.05) is 0 Å². The smallest absolute Gasteiger partial charge is 0.306 e. The fraction of sp³-hybridized carbons (Fsp3) is 0.708. The molecule has 446 valence electrons. The van der Waals surface area contributed by atoms with Crippen LogP contribution < -0.4 is 0 Å². The highest BCUT2D eigenvalue weighted by Gasteiger charge is 2.19. The number of unbranched alkanes of at least 4 members (excludes halogenated alkanes) is 30. The molecule has 0 radical (unpaired) electrons. The van der Waals surface area contributed by atoms with Crippen LogP contribution in [0, 0.1) is 0 Å². The van der Waals surface area contributed by atoms with E-state index in [4.69, 9.17) is 14.2 Å². The molecule has 0 aromatic heterocycles. The normalized spacial score (nSPS) is 12.8. The summed E-state index contributed by atoms with van der Waals surface area (Å²) in [6.07, 6.45) is 89.8. The van der Waals surface area contributed by atoms with E-state index in [0.29, 0.717) is 19.3 Å². The van der Waals surface area contributed by atoms with Crippen molar-refractivity contribution in [3.63, 3.8) is 0 Å². The molecule has 0 aliphatic heterocycles. The lowest BCUT2D eigenvalue weighted by Crippen LogP contribution is -2.30. The van der Waals surface area contributed by atoms with Crippen LogP contribution in [-0.2, 0) is 28.6 Å². The lowest BCUT2D eigenvalue weighted by atomic mass is 10.0. The Morgan fingerprint density at radius 2 is 0.500 bits per heavy atom. The number of esters is 3. The van der Waals surface area contributed by atoms with Crippen LogP contribution >= 0.6 is 0 Å². The van der Waals surface area contributed by atoms with Gasteiger partial charge in [0.15, 0.2) is 6.10 Å². The van der Waals surface area contributed by atoms with Crippen LogP contribution in [0.3, 0.4) is 0 Å². The average Bonchev–Trinajstić information content (AvgIpc) is 3.44. The van der Waals surface area contributed by atoms with Crippen molar-refractivity contribution in [1.82, 2.24) is 0 Å². The molecule has 78 heavy (non-hydrogen) atoms. The molecule has 6 nitrogen and oxygen atoms in total. The predicted molar refractivity (Wildman–Crippen MR) is 339 cm³/mol. The highest BCUT2D eigenvalue weighted by molar-refractivity contribution is 5.71. The van der Waals surface area contributed by atoms with Crippen molar-refractivity contribution in [3.05, 3.63) is 109 Å². The summed E-state index contributed by atoms with van der Waals surface area (Å²) < 4.78 is 16.9. The van der Waals surface area contributed by atoms with Crippen molar-refractivity contribution in [2.45, 2.75) is 316 Å². The van der Waals surface area contributed by atoms with E-state index < -0.39 is 6.10 Å². The molecule has 0 N–H and O–H groups in total. The highest BCUT2D eigenvalue weighted by Crippen LogP contribution is 2.16. The molecular weight excluding hydrogens is 961 g/mol.